The molecule has 0 fully saturated rings. The molecule has 2 rings (SSSR count). The van der Waals surface area contributed by atoms with Crippen molar-refractivity contribution in [2.45, 2.75) is 32.5 Å². The number of ketones is 1. The first-order chi connectivity index (χ1) is 13.9. The quantitative estimate of drug-likeness (QED) is 0.578. The van der Waals surface area contributed by atoms with Gasteiger partial charge in [-0.3, -0.25) is 9.59 Å². The van der Waals surface area contributed by atoms with Crippen LogP contribution in [0.5, 0.6) is 5.75 Å². The summed E-state index contributed by atoms with van der Waals surface area (Å²) in [7, 11) is 0. The van der Waals surface area contributed by atoms with Gasteiger partial charge in [-0.05, 0) is 61.9 Å². The molecule has 0 radical (unpaired) electrons. The van der Waals surface area contributed by atoms with Crippen molar-refractivity contribution in [1.82, 2.24) is 4.90 Å². The van der Waals surface area contributed by atoms with Crippen LogP contribution in [-0.2, 0) is 4.79 Å². The van der Waals surface area contributed by atoms with E-state index >= 15 is 0 Å². The molecule has 0 spiro atoms. The minimum absolute atomic E-state index is 0.0419. The van der Waals surface area contributed by atoms with E-state index < -0.39 is 18.8 Å². The van der Waals surface area contributed by atoms with Gasteiger partial charge in [-0.15, -0.1) is 0 Å². The molecule has 2 aromatic rings. The number of benzene rings is 2. The molecule has 2 unspecified atom stereocenters. The first kappa shape index (κ1) is 22.9. The highest BCUT2D eigenvalue weighted by Crippen LogP contribution is 2.19. The lowest BCUT2D eigenvalue weighted by Gasteiger charge is -2.27. The molecule has 0 saturated heterocycles. The van der Waals surface area contributed by atoms with E-state index in [0.717, 1.165) is 0 Å². The van der Waals surface area contributed by atoms with Crippen molar-refractivity contribution in [3.63, 3.8) is 0 Å². The maximum absolute atomic E-state index is 12.7. The van der Waals surface area contributed by atoms with E-state index in [1.165, 1.54) is 4.90 Å². The molecule has 29 heavy (non-hydrogen) atoms. The lowest BCUT2D eigenvalue weighted by Crippen LogP contribution is -2.45. The summed E-state index contributed by atoms with van der Waals surface area (Å²) in [5, 5.41) is 19.2. The van der Waals surface area contributed by atoms with E-state index in [1.54, 1.807) is 55.5 Å². The Morgan fingerprint density at radius 3 is 2.07 bits per heavy atom. The van der Waals surface area contributed by atoms with E-state index in [4.69, 9.17) is 21.4 Å². The molecule has 0 aliphatic heterocycles. The third-order valence-corrected chi connectivity index (χ3v) is 4.73. The zero-order valence-electron chi connectivity index (χ0n) is 16.5. The van der Waals surface area contributed by atoms with Gasteiger partial charge in [-0.1, -0.05) is 18.5 Å². The average molecular weight is 420 g/mol. The molecule has 156 valence electrons. The standard InChI is InChI=1S/C22H26ClNO5/c1-3-20(22(28)24(4-2)13-18(26)14-25)29-19-11-7-16(8-12-19)21(27)15-5-9-17(23)10-6-15/h5-12,18,20,25-26H,3-4,13-14H2,1-2H3. The predicted molar refractivity (Wildman–Crippen MR) is 111 cm³/mol. The number of halogens is 1. The number of amides is 1. The number of hydrogen-bond acceptors (Lipinski definition) is 5. The fourth-order valence-corrected chi connectivity index (χ4v) is 2.94. The van der Waals surface area contributed by atoms with Crippen LogP contribution in [0.15, 0.2) is 48.5 Å². The first-order valence-electron chi connectivity index (χ1n) is 9.54. The maximum atomic E-state index is 12.7. The zero-order chi connectivity index (χ0) is 21.4. The molecule has 0 heterocycles. The Balaban J connectivity index is 2.07. The van der Waals surface area contributed by atoms with Crippen LogP contribution in [0.1, 0.15) is 36.2 Å². The van der Waals surface area contributed by atoms with Crippen LogP contribution in [-0.4, -0.2) is 58.7 Å². The number of nitrogens with zero attached hydrogens (tertiary/aromatic N) is 1. The fraction of sp³-hybridized carbons (Fsp3) is 0.364. The molecular weight excluding hydrogens is 394 g/mol. The van der Waals surface area contributed by atoms with Gasteiger partial charge in [0.05, 0.1) is 12.7 Å². The maximum Gasteiger partial charge on any atom is 0.263 e. The van der Waals surface area contributed by atoms with Crippen LogP contribution in [0.3, 0.4) is 0 Å². The van der Waals surface area contributed by atoms with Gasteiger partial charge >= 0.3 is 0 Å². The molecule has 0 aliphatic rings. The lowest BCUT2D eigenvalue weighted by atomic mass is 10.0. The molecule has 0 saturated carbocycles. The van der Waals surface area contributed by atoms with Crippen molar-refractivity contribution < 1.29 is 24.5 Å². The largest absolute Gasteiger partial charge is 0.481 e. The van der Waals surface area contributed by atoms with E-state index in [1.807, 2.05) is 6.92 Å². The van der Waals surface area contributed by atoms with Crippen LogP contribution in [0.4, 0.5) is 0 Å². The molecule has 2 N–H and O–H groups in total. The Morgan fingerprint density at radius 1 is 1.03 bits per heavy atom. The minimum atomic E-state index is -0.991. The van der Waals surface area contributed by atoms with Crippen LogP contribution >= 0.6 is 11.6 Å². The molecule has 2 aromatic carbocycles. The molecule has 6 nitrogen and oxygen atoms in total. The monoisotopic (exact) mass is 419 g/mol. The zero-order valence-corrected chi connectivity index (χ0v) is 17.3. The summed E-state index contributed by atoms with van der Waals surface area (Å²) in [5.74, 6) is 0.0758. The third kappa shape index (κ3) is 6.29. The summed E-state index contributed by atoms with van der Waals surface area (Å²) < 4.78 is 5.82. The first-order valence-corrected chi connectivity index (χ1v) is 9.92. The van der Waals surface area contributed by atoms with E-state index in [-0.39, 0.29) is 18.2 Å². The predicted octanol–water partition coefficient (Wildman–Crippen LogP) is 2.93. The van der Waals surface area contributed by atoms with Gasteiger partial charge in [0.15, 0.2) is 11.9 Å². The molecule has 0 bridgehead atoms. The highest BCUT2D eigenvalue weighted by molar-refractivity contribution is 6.30. The Bertz CT molecular complexity index is 807. The van der Waals surface area contributed by atoms with Crippen LogP contribution < -0.4 is 4.74 Å². The lowest BCUT2D eigenvalue weighted by molar-refractivity contribution is -0.140. The van der Waals surface area contributed by atoms with Gasteiger partial charge in [-0.25, -0.2) is 0 Å². The third-order valence-electron chi connectivity index (χ3n) is 4.48. The summed E-state index contributed by atoms with van der Waals surface area (Å²) in [6.07, 6.45) is -1.27. The van der Waals surface area contributed by atoms with Crippen molar-refractivity contribution in [3.8, 4) is 5.75 Å². The fourth-order valence-electron chi connectivity index (χ4n) is 2.82. The number of carbonyl (C=O) groups excluding carboxylic acids is 2. The van der Waals surface area contributed by atoms with E-state index in [2.05, 4.69) is 0 Å². The van der Waals surface area contributed by atoms with Crippen molar-refractivity contribution in [2.75, 3.05) is 19.7 Å². The summed E-state index contributed by atoms with van der Waals surface area (Å²) in [6.45, 7) is 3.65. The average Bonchev–Trinajstić information content (AvgIpc) is 2.75. The SMILES string of the molecule is CCC(Oc1ccc(C(=O)c2ccc(Cl)cc2)cc1)C(=O)N(CC)CC(O)CO. The highest BCUT2D eigenvalue weighted by atomic mass is 35.5. The smallest absolute Gasteiger partial charge is 0.263 e. The molecular formula is C22H26ClNO5. The Morgan fingerprint density at radius 2 is 1.59 bits per heavy atom. The molecule has 0 aromatic heterocycles. The number of aliphatic hydroxyl groups is 2. The summed E-state index contributed by atoms with van der Waals surface area (Å²) in [5.41, 5.74) is 1.03. The van der Waals surface area contributed by atoms with Gasteiger partial charge in [-0.2, -0.15) is 0 Å². The molecule has 1 amide bonds. The van der Waals surface area contributed by atoms with Gasteiger partial charge < -0.3 is 19.8 Å². The number of rotatable bonds is 10. The molecule has 0 aliphatic carbocycles. The summed E-state index contributed by atoms with van der Waals surface area (Å²) in [4.78, 5) is 26.7. The van der Waals surface area contributed by atoms with Gasteiger partial charge in [0, 0.05) is 29.2 Å². The number of carbonyl (C=O) groups is 2. The van der Waals surface area contributed by atoms with Gasteiger partial charge in [0.2, 0.25) is 0 Å². The number of hydrogen-bond donors (Lipinski definition) is 2. The van der Waals surface area contributed by atoms with Crippen molar-refractivity contribution >= 4 is 23.3 Å². The van der Waals surface area contributed by atoms with Crippen molar-refractivity contribution in [1.29, 1.82) is 0 Å². The minimum Gasteiger partial charge on any atom is -0.481 e. The summed E-state index contributed by atoms with van der Waals surface area (Å²) >= 11 is 5.85. The Labute approximate surface area is 175 Å². The number of aliphatic hydroxyl groups excluding tert-OH is 2. The van der Waals surface area contributed by atoms with Gasteiger partial charge in [0.1, 0.15) is 5.75 Å². The van der Waals surface area contributed by atoms with Crippen LogP contribution in [0.2, 0.25) is 5.02 Å². The topological polar surface area (TPSA) is 87.1 Å². The molecule has 2 atom stereocenters. The van der Waals surface area contributed by atoms with Crippen LogP contribution in [0.25, 0.3) is 0 Å². The molecule has 7 heteroatoms. The Kier molecular flexibility index (Phi) is 8.64. The van der Waals surface area contributed by atoms with Gasteiger partial charge in [0.25, 0.3) is 5.91 Å². The van der Waals surface area contributed by atoms with E-state index in [0.29, 0.717) is 34.9 Å². The Hall–Kier alpha value is -2.41. The number of ether oxygens (including phenoxy) is 1. The van der Waals surface area contributed by atoms with E-state index in [9.17, 15) is 14.7 Å². The second-order valence-electron chi connectivity index (χ2n) is 6.59. The van der Waals surface area contributed by atoms with Crippen LogP contribution in [0, 0.1) is 0 Å². The van der Waals surface area contributed by atoms with Crippen molar-refractivity contribution in [2.24, 2.45) is 0 Å². The van der Waals surface area contributed by atoms with Crippen molar-refractivity contribution in [3.05, 3.63) is 64.7 Å². The normalized spacial score (nSPS) is 12.9. The number of likely N-dealkylation sites (N-methyl/N-ethyl adjacent to an activating group) is 1. The second kappa shape index (κ2) is 11.0. The summed E-state index contributed by atoms with van der Waals surface area (Å²) in [6, 6.07) is 13.3. The highest BCUT2D eigenvalue weighted by Gasteiger charge is 2.25. The second-order valence-corrected chi connectivity index (χ2v) is 7.02.